The maximum atomic E-state index is 12.2. The number of nitro benzene ring substituents is 1. The van der Waals surface area contributed by atoms with Crippen LogP contribution in [-0.4, -0.2) is 25.9 Å². The van der Waals surface area contributed by atoms with Gasteiger partial charge in [-0.3, -0.25) is 10.1 Å². The molecule has 0 heterocycles. The molecule has 0 saturated heterocycles. The zero-order valence-electron chi connectivity index (χ0n) is 11.7. The molecule has 0 aliphatic heterocycles. The molecule has 0 aliphatic carbocycles. The molecule has 7 nitrogen and oxygen atoms in total. The van der Waals surface area contributed by atoms with E-state index < -0.39 is 14.9 Å². The van der Waals surface area contributed by atoms with Crippen molar-refractivity contribution >= 4 is 21.4 Å². The van der Waals surface area contributed by atoms with Gasteiger partial charge in [-0.2, -0.15) is 0 Å². The highest BCUT2D eigenvalue weighted by atomic mass is 32.2. The number of hydrogen-bond acceptors (Lipinski definition) is 5. The number of nitrogens with zero attached hydrogens (tertiary/aromatic N) is 1. The van der Waals surface area contributed by atoms with Crippen molar-refractivity contribution in [2.75, 3.05) is 11.9 Å². The van der Waals surface area contributed by atoms with Crippen molar-refractivity contribution < 1.29 is 13.3 Å². The SMILES string of the molecule is CCCNc1cc([N+](=O)[O-])ccc1S(=O)(=O)NC(C)C. The quantitative estimate of drug-likeness (QED) is 0.593. The molecule has 8 heteroatoms. The molecule has 20 heavy (non-hydrogen) atoms. The molecule has 0 atom stereocenters. The van der Waals surface area contributed by atoms with Gasteiger partial charge in [0.15, 0.2) is 0 Å². The Labute approximate surface area is 118 Å². The third-order valence-corrected chi connectivity index (χ3v) is 4.14. The third-order valence-electron chi connectivity index (χ3n) is 2.42. The summed E-state index contributed by atoms with van der Waals surface area (Å²) in [7, 11) is -3.70. The van der Waals surface area contributed by atoms with E-state index in [2.05, 4.69) is 10.0 Å². The molecule has 0 radical (unpaired) electrons. The Hall–Kier alpha value is -1.67. The van der Waals surface area contributed by atoms with Crippen LogP contribution in [0.5, 0.6) is 0 Å². The first kappa shape index (κ1) is 16.4. The topological polar surface area (TPSA) is 101 Å². The van der Waals surface area contributed by atoms with Gasteiger partial charge in [0.2, 0.25) is 10.0 Å². The number of non-ortho nitro benzene ring substituents is 1. The van der Waals surface area contributed by atoms with Gasteiger partial charge in [0, 0.05) is 24.7 Å². The van der Waals surface area contributed by atoms with Crippen LogP contribution in [0.25, 0.3) is 0 Å². The molecule has 2 N–H and O–H groups in total. The van der Waals surface area contributed by atoms with E-state index in [1.54, 1.807) is 13.8 Å². The van der Waals surface area contributed by atoms with Crippen LogP contribution in [0.3, 0.4) is 0 Å². The summed E-state index contributed by atoms with van der Waals surface area (Å²) < 4.78 is 26.8. The lowest BCUT2D eigenvalue weighted by Gasteiger charge is -2.14. The Morgan fingerprint density at radius 1 is 1.35 bits per heavy atom. The predicted molar refractivity (Wildman–Crippen MR) is 77.3 cm³/mol. The number of sulfonamides is 1. The van der Waals surface area contributed by atoms with Crippen molar-refractivity contribution in [2.45, 2.75) is 38.1 Å². The van der Waals surface area contributed by atoms with E-state index in [0.29, 0.717) is 6.54 Å². The molecule has 0 amide bonds. The molecule has 0 saturated carbocycles. The monoisotopic (exact) mass is 301 g/mol. The molecule has 0 aromatic heterocycles. The summed E-state index contributed by atoms with van der Waals surface area (Å²) in [4.78, 5) is 10.2. The summed E-state index contributed by atoms with van der Waals surface area (Å²) in [5.74, 6) is 0. The minimum Gasteiger partial charge on any atom is -0.384 e. The molecular weight excluding hydrogens is 282 g/mol. The lowest BCUT2D eigenvalue weighted by atomic mass is 10.2. The Morgan fingerprint density at radius 3 is 2.50 bits per heavy atom. The second-order valence-corrected chi connectivity index (χ2v) is 6.32. The van der Waals surface area contributed by atoms with Crippen molar-refractivity contribution in [3.63, 3.8) is 0 Å². The van der Waals surface area contributed by atoms with E-state index in [-0.39, 0.29) is 22.3 Å². The van der Waals surface area contributed by atoms with Gasteiger partial charge in [-0.25, -0.2) is 13.1 Å². The van der Waals surface area contributed by atoms with Crippen LogP contribution in [0.1, 0.15) is 27.2 Å². The maximum absolute atomic E-state index is 12.2. The van der Waals surface area contributed by atoms with E-state index in [4.69, 9.17) is 0 Å². The summed E-state index contributed by atoms with van der Waals surface area (Å²) >= 11 is 0. The summed E-state index contributed by atoms with van der Waals surface area (Å²) in [5, 5.41) is 13.7. The first-order valence-electron chi connectivity index (χ1n) is 6.32. The van der Waals surface area contributed by atoms with Gasteiger partial charge >= 0.3 is 0 Å². The van der Waals surface area contributed by atoms with Crippen molar-refractivity contribution in [3.8, 4) is 0 Å². The number of benzene rings is 1. The number of nitrogens with one attached hydrogen (secondary N) is 2. The summed E-state index contributed by atoms with van der Waals surface area (Å²) in [6, 6.07) is 3.42. The van der Waals surface area contributed by atoms with Crippen LogP contribution in [0, 0.1) is 10.1 Å². The molecule has 0 bridgehead atoms. The first-order valence-corrected chi connectivity index (χ1v) is 7.81. The Bertz CT molecular complexity index is 584. The molecule has 112 valence electrons. The largest absolute Gasteiger partial charge is 0.384 e. The molecule has 0 unspecified atom stereocenters. The molecule has 0 fully saturated rings. The van der Waals surface area contributed by atoms with Crippen LogP contribution < -0.4 is 10.0 Å². The highest BCUT2D eigenvalue weighted by molar-refractivity contribution is 7.89. The van der Waals surface area contributed by atoms with Crippen molar-refractivity contribution in [3.05, 3.63) is 28.3 Å². The fourth-order valence-electron chi connectivity index (χ4n) is 1.64. The van der Waals surface area contributed by atoms with E-state index in [0.717, 1.165) is 6.42 Å². The summed E-state index contributed by atoms with van der Waals surface area (Å²) in [6.45, 7) is 5.88. The van der Waals surface area contributed by atoms with Crippen LogP contribution in [0.2, 0.25) is 0 Å². The van der Waals surface area contributed by atoms with E-state index in [1.165, 1.54) is 18.2 Å². The summed E-state index contributed by atoms with van der Waals surface area (Å²) in [6.07, 6.45) is 0.778. The van der Waals surface area contributed by atoms with Crippen LogP contribution in [0.4, 0.5) is 11.4 Å². The normalized spacial score (nSPS) is 11.6. The maximum Gasteiger partial charge on any atom is 0.271 e. The average molecular weight is 301 g/mol. The fraction of sp³-hybridized carbons (Fsp3) is 0.500. The van der Waals surface area contributed by atoms with Crippen LogP contribution in [-0.2, 0) is 10.0 Å². The Morgan fingerprint density at radius 2 is 2.00 bits per heavy atom. The third kappa shape index (κ3) is 4.17. The second-order valence-electron chi connectivity index (χ2n) is 4.64. The van der Waals surface area contributed by atoms with E-state index >= 15 is 0 Å². The number of anilines is 1. The minimum absolute atomic E-state index is 0.0188. The molecule has 0 spiro atoms. The summed E-state index contributed by atoms with van der Waals surface area (Å²) in [5.41, 5.74) is 0.0984. The number of nitro groups is 1. The minimum atomic E-state index is -3.70. The smallest absolute Gasteiger partial charge is 0.271 e. The van der Waals surface area contributed by atoms with Gasteiger partial charge in [-0.15, -0.1) is 0 Å². The highest BCUT2D eigenvalue weighted by Gasteiger charge is 2.21. The zero-order chi connectivity index (χ0) is 15.3. The lowest BCUT2D eigenvalue weighted by Crippen LogP contribution is -2.30. The molecule has 1 aromatic rings. The van der Waals surface area contributed by atoms with Gasteiger partial charge in [-0.05, 0) is 26.3 Å². The number of rotatable bonds is 7. The first-order chi connectivity index (χ1) is 9.27. The van der Waals surface area contributed by atoms with Gasteiger partial charge in [0.1, 0.15) is 4.90 Å². The van der Waals surface area contributed by atoms with Gasteiger partial charge in [-0.1, -0.05) is 6.92 Å². The van der Waals surface area contributed by atoms with Crippen molar-refractivity contribution in [2.24, 2.45) is 0 Å². The standard InChI is InChI=1S/C12H19N3O4S/c1-4-7-13-11-8-10(15(16)17)5-6-12(11)20(18,19)14-9(2)3/h5-6,8-9,13-14H,4,7H2,1-3H3. The zero-order valence-corrected chi connectivity index (χ0v) is 12.5. The molecule has 0 aliphatic rings. The van der Waals surface area contributed by atoms with E-state index in [9.17, 15) is 18.5 Å². The fourth-order valence-corrected chi connectivity index (χ4v) is 3.05. The Kier molecular flexibility index (Phi) is 5.46. The molecule has 1 rings (SSSR count). The second kappa shape index (κ2) is 6.67. The Balaban J connectivity index is 3.27. The van der Waals surface area contributed by atoms with Gasteiger partial charge in [0.05, 0.1) is 10.6 Å². The number of hydrogen-bond donors (Lipinski definition) is 2. The van der Waals surface area contributed by atoms with Crippen LogP contribution in [0.15, 0.2) is 23.1 Å². The van der Waals surface area contributed by atoms with Gasteiger partial charge in [0.25, 0.3) is 5.69 Å². The lowest BCUT2D eigenvalue weighted by molar-refractivity contribution is -0.384. The van der Waals surface area contributed by atoms with Crippen molar-refractivity contribution in [1.82, 2.24) is 4.72 Å². The predicted octanol–water partition coefficient (Wildman–Crippen LogP) is 2.10. The van der Waals surface area contributed by atoms with Crippen LogP contribution >= 0.6 is 0 Å². The van der Waals surface area contributed by atoms with E-state index in [1.807, 2.05) is 6.92 Å². The highest BCUT2D eigenvalue weighted by Crippen LogP contribution is 2.26. The molecular formula is C12H19N3O4S. The van der Waals surface area contributed by atoms with Crippen molar-refractivity contribution in [1.29, 1.82) is 0 Å². The average Bonchev–Trinajstić information content (AvgIpc) is 2.34. The molecule has 1 aromatic carbocycles. The van der Waals surface area contributed by atoms with Gasteiger partial charge < -0.3 is 5.32 Å².